The summed E-state index contributed by atoms with van der Waals surface area (Å²) >= 11 is 0. The smallest absolute Gasteiger partial charge is 0.325 e. The van der Waals surface area contributed by atoms with E-state index in [1.54, 1.807) is 27.7 Å². The molecule has 3 N–H and O–H groups in total. The van der Waals surface area contributed by atoms with Crippen LogP contribution in [-0.2, 0) is 4.79 Å². The van der Waals surface area contributed by atoms with Crippen LogP contribution in [0.3, 0.4) is 0 Å². The van der Waals surface area contributed by atoms with Crippen LogP contribution in [0.5, 0.6) is 0 Å². The molecule has 0 aromatic carbocycles. The summed E-state index contributed by atoms with van der Waals surface area (Å²) in [7, 11) is 0. The molecule has 1 aliphatic heterocycles. The molecule has 6 nitrogen and oxygen atoms in total. The number of carboxylic acid groups (broad SMARTS) is 1. The lowest BCUT2D eigenvalue weighted by atomic mass is 10.1. The van der Waals surface area contributed by atoms with Gasteiger partial charge in [-0.15, -0.1) is 0 Å². The van der Waals surface area contributed by atoms with E-state index in [4.69, 9.17) is 5.11 Å². The highest BCUT2D eigenvalue weighted by Gasteiger charge is 2.48. The molecule has 0 atom stereocenters. The summed E-state index contributed by atoms with van der Waals surface area (Å²) in [5, 5.41) is 22.5. The maximum Gasteiger partial charge on any atom is 0.325 e. The quantitative estimate of drug-likeness (QED) is 0.616. The molecule has 1 heterocycles. The minimum atomic E-state index is -0.991. The van der Waals surface area contributed by atoms with Crippen molar-refractivity contribution in [1.29, 1.82) is 0 Å². The summed E-state index contributed by atoms with van der Waals surface area (Å²) in [4.78, 5) is 14.3. The zero-order valence-electron chi connectivity index (χ0n) is 9.40. The maximum atomic E-state index is 10.4. The number of hydroxylamine groups is 2. The molecule has 0 aliphatic carbocycles. The predicted molar refractivity (Wildman–Crippen MR) is 54.9 cm³/mol. The number of nitrogens with one attached hydrogen (secondary N) is 1. The van der Waals surface area contributed by atoms with Gasteiger partial charge in [-0.2, -0.15) is 5.06 Å². The lowest BCUT2D eigenvalue weighted by molar-refractivity contribution is -0.188. The number of carbonyl (C=O) groups is 1. The second kappa shape index (κ2) is 3.46. The number of aliphatic imine (C=N–C) groups is 1. The molecule has 1 rings (SSSR count). The van der Waals surface area contributed by atoms with Crippen LogP contribution in [0.2, 0.25) is 0 Å². The van der Waals surface area contributed by atoms with E-state index >= 15 is 0 Å². The van der Waals surface area contributed by atoms with Gasteiger partial charge in [0.25, 0.3) is 0 Å². The van der Waals surface area contributed by atoms with Crippen molar-refractivity contribution < 1.29 is 15.1 Å². The molecule has 0 aromatic rings. The van der Waals surface area contributed by atoms with Crippen molar-refractivity contribution in [3.8, 4) is 0 Å². The first-order valence-corrected chi connectivity index (χ1v) is 4.72. The normalized spacial score (nSPS) is 26.6. The minimum absolute atomic E-state index is 0.296. The Balaban J connectivity index is 2.93. The van der Waals surface area contributed by atoms with Crippen molar-refractivity contribution in [2.75, 3.05) is 6.54 Å². The van der Waals surface area contributed by atoms with Crippen molar-refractivity contribution in [2.45, 2.75) is 38.9 Å². The van der Waals surface area contributed by atoms with Gasteiger partial charge in [-0.3, -0.25) is 9.79 Å². The Labute approximate surface area is 88.6 Å². The molecule has 0 amide bonds. The second-order valence-electron chi connectivity index (χ2n) is 4.61. The lowest BCUT2D eigenvalue weighted by Gasteiger charge is -2.31. The Morgan fingerprint density at radius 1 is 1.47 bits per heavy atom. The standard InChI is InChI=1S/C9H17N3O3/c1-8(2)7(10-5-6(13)14)11-9(3,4)12(8)15/h15H,5H2,1-4H3,(H,10,11)(H,13,14). The lowest BCUT2D eigenvalue weighted by Crippen LogP contribution is -2.49. The van der Waals surface area contributed by atoms with Gasteiger partial charge in [0, 0.05) is 0 Å². The molecule has 86 valence electrons. The van der Waals surface area contributed by atoms with E-state index in [9.17, 15) is 10.0 Å². The Morgan fingerprint density at radius 3 is 2.33 bits per heavy atom. The number of rotatable bonds is 2. The number of carboxylic acids is 1. The van der Waals surface area contributed by atoms with Gasteiger partial charge in [0.15, 0.2) is 0 Å². The molecule has 1 aliphatic rings. The second-order valence-corrected chi connectivity index (χ2v) is 4.61. The third-order valence-electron chi connectivity index (χ3n) is 2.44. The fourth-order valence-electron chi connectivity index (χ4n) is 1.67. The van der Waals surface area contributed by atoms with Gasteiger partial charge in [0.2, 0.25) is 0 Å². The minimum Gasteiger partial charge on any atom is -0.480 e. The summed E-state index contributed by atoms with van der Waals surface area (Å²) < 4.78 is 0. The summed E-state index contributed by atoms with van der Waals surface area (Å²) in [6, 6.07) is 0. The number of hydrogen-bond acceptors (Lipinski definition) is 4. The van der Waals surface area contributed by atoms with Gasteiger partial charge >= 0.3 is 5.97 Å². The highest BCUT2D eigenvalue weighted by molar-refractivity contribution is 5.94. The van der Waals surface area contributed by atoms with E-state index in [0.29, 0.717) is 5.84 Å². The SMILES string of the molecule is CC1(C)NC(=NCC(=O)O)C(C)(C)N1O. The monoisotopic (exact) mass is 215 g/mol. The summed E-state index contributed by atoms with van der Waals surface area (Å²) in [5.74, 6) is -0.508. The van der Waals surface area contributed by atoms with Gasteiger partial charge in [-0.05, 0) is 27.7 Å². The van der Waals surface area contributed by atoms with Crippen LogP contribution >= 0.6 is 0 Å². The molecule has 0 unspecified atom stereocenters. The Hall–Kier alpha value is -1.14. The highest BCUT2D eigenvalue weighted by Crippen LogP contribution is 2.28. The number of aliphatic carboxylic acids is 1. The van der Waals surface area contributed by atoms with E-state index in [0.717, 1.165) is 5.06 Å². The topological polar surface area (TPSA) is 85.2 Å². The van der Waals surface area contributed by atoms with Crippen LogP contribution in [0, 0.1) is 0 Å². The maximum absolute atomic E-state index is 10.4. The third-order valence-corrected chi connectivity index (χ3v) is 2.44. The van der Waals surface area contributed by atoms with Gasteiger partial charge in [-0.1, -0.05) is 0 Å². The summed E-state index contributed by atoms with van der Waals surface area (Å²) in [5.41, 5.74) is -1.33. The van der Waals surface area contributed by atoms with E-state index in [1.165, 1.54) is 0 Å². The molecule has 0 aromatic heterocycles. The van der Waals surface area contributed by atoms with Crippen LogP contribution in [0.4, 0.5) is 0 Å². The van der Waals surface area contributed by atoms with E-state index in [1.807, 2.05) is 0 Å². The molecule has 1 fully saturated rings. The zero-order chi connectivity index (χ0) is 11.9. The van der Waals surface area contributed by atoms with Crippen molar-refractivity contribution >= 4 is 11.8 Å². The molecule has 1 saturated heterocycles. The van der Waals surface area contributed by atoms with Crippen LogP contribution in [-0.4, -0.2) is 44.9 Å². The first-order chi connectivity index (χ1) is 6.68. The van der Waals surface area contributed by atoms with Crippen LogP contribution in [0.25, 0.3) is 0 Å². The summed E-state index contributed by atoms with van der Waals surface area (Å²) in [6.07, 6.45) is 0. The van der Waals surface area contributed by atoms with Crippen molar-refractivity contribution in [1.82, 2.24) is 10.4 Å². The average molecular weight is 215 g/mol. The third kappa shape index (κ3) is 2.10. The average Bonchev–Trinajstić information content (AvgIpc) is 2.23. The zero-order valence-corrected chi connectivity index (χ0v) is 9.40. The van der Waals surface area contributed by atoms with E-state index in [2.05, 4.69) is 10.3 Å². The fraction of sp³-hybridized carbons (Fsp3) is 0.778. The predicted octanol–water partition coefficient (Wildman–Crippen LogP) is 0.279. The highest BCUT2D eigenvalue weighted by atomic mass is 16.5. The summed E-state index contributed by atoms with van der Waals surface area (Å²) in [6.45, 7) is 6.83. The molecule has 0 saturated carbocycles. The number of hydrogen-bond donors (Lipinski definition) is 3. The van der Waals surface area contributed by atoms with Gasteiger partial charge in [-0.25, -0.2) is 0 Å². The molecule has 0 radical (unpaired) electrons. The van der Waals surface area contributed by atoms with Crippen LogP contribution in [0.1, 0.15) is 27.7 Å². The first kappa shape index (κ1) is 11.9. The molecular weight excluding hydrogens is 198 g/mol. The Bertz CT molecular complexity index is 310. The molecule has 0 spiro atoms. The number of amidine groups is 1. The molecular formula is C9H17N3O3. The van der Waals surface area contributed by atoms with Crippen molar-refractivity contribution in [2.24, 2.45) is 4.99 Å². The molecule has 15 heavy (non-hydrogen) atoms. The molecule has 0 bridgehead atoms. The van der Waals surface area contributed by atoms with Gasteiger partial charge in [0.1, 0.15) is 18.0 Å². The Kier molecular flexibility index (Phi) is 2.75. The molecule has 6 heteroatoms. The van der Waals surface area contributed by atoms with Crippen LogP contribution in [0.15, 0.2) is 4.99 Å². The first-order valence-electron chi connectivity index (χ1n) is 4.72. The van der Waals surface area contributed by atoms with E-state index < -0.39 is 17.2 Å². The van der Waals surface area contributed by atoms with E-state index in [-0.39, 0.29) is 6.54 Å². The fourth-order valence-corrected chi connectivity index (χ4v) is 1.67. The number of nitrogens with zero attached hydrogens (tertiary/aromatic N) is 2. The van der Waals surface area contributed by atoms with Crippen molar-refractivity contribution in [3.63, 3.8) is 0 Å². The van der Waals surface area contributed by atoms with Crippen molar-refractivity contribution in [3.05, 3.63) is 0 Å². The largest absolute Gasteiger partial charge is 0.480 e. The Morgan fingerprint density at radius 2 is 2.00 bits per heavy atom. The van der Waals surface area contributed by atoms with Gasteiger partial charge < -0.3 is 15.6 Å². The van der Waals surface area contributed by atoms with Gasteiger partial charge in [0.05, 0.1) is 5.54 Å². The van der Waals surface area contributed by atoms with Crippen LogP contribution < -0.4 is 5.32 Å².